The van der Waals surface area contributed by atoms with E-state index >= 15 is 0 Å². The van der Waals surface area contributed by atoms with Gasteiger partial charge in [-0.15, -0.1) is 0 Å². The molecule has 0 amide bonds. The zero-order chi connectivity index (χ0) is 13.9. The predicted molar refractivity (Wildman–Crippen MR) is 74.4 cm³/mol. The Morgan fingerprint density at radius 3 is 2.42 bits per heavy atom. The average Bonchev–Trinajstić information content (AvgIpc) is 2.41. The van der Waals surface area contributed by atoms with E-state index in [9.17, 15) is 8.42 Å². The maximum absolute atomic E-state index is 12.6. The van der Waals surface area contributed by atoms with Gasteiger partial charge in [0.15, 0.2) is 9.84 Å². The third-order valence-corrected chi connectivity index (χ3v) is 5.14. The Hall–Kier alpha value is -1.72. The molecule has 1 aromatic heterocycles. The van der Waals surface area contributed by atoms with Crippen LogP contribution in [-0.4, -0.2) is 19.9 Å². The molecule has 0 fully saturated rings. The second-order valence-electron chi connectivity index (χ2n) is 4.37. The van der Waals surface area contributed by atoms with E-state index in [0.29, 0.717) is 5.56 Å². The molecule has 1 heterocycles. The van der Waals surface area contributed by atoms with Crippen molar-refractivity contribution in [2.45, 2.75) is 17.1 Å². The van der Waals surface area contributed by atoms with Crippen LogP contribution in [0.4, 0.5) is 0 Å². The lowest BCUT2D eigenvalue weighted by Crippen LogP contribution is -2.22. The minimum absolute atomic E-state index is 0.0297. The normalized spacial score (nSPS) is 13.2. The first kappa shape index (κ1) is 13.7. The summed E-state index contributed by atoms with van der Waals surface area (Å²) >= 11 is 0. The lowest BCUT2D eigenvalue weighted by Gasteiger charge is -2.16. The first-order valence-corrected chi connectivity index (χ1v) is 7.51. The maximum atomic E-state index is 12.6. The van der Waals surface area contributed by atoms with Crippen LogP contribution in [0.3, 0.4) is 0 Å². The first-order chi connectivity index (χ1) is 9.05. The number of nitrogens with zero attached hydrogens (tertiary/aromatic N) is 1. The van der Waals surface area contributed by atoms with Gasteiger partial charge in [-0.1, -0.05) is 23.8 Å². The number of aryl methyl sites for hydroxylation is 1. The minimum Gasteiger partial charge on any atom is -0.329 e. The van der Waals surface area contributed by atoms with E-state index in [2.05, 4.69) is 4.98 Å². The smallest absolute Gasteiger partial charge is 0.186 e. The van der Waals surface area contributed by atoms with E-state index in [1.54, 1.807) is 48.8 Å². The zero-order valence-electron chi connectivity index (χ0n) is 10.7. The fourth-order valence-corrected chi connectivity index (χ4v) is 3.50. The molecule has 4 nitrogen and oxygen atoms in total. The third-order valence-electron chi connectivity index (χ3n) is 2.99. The molecular formula is C14H16N2O2S. The first-order valence-electron chi connectivity index (χ1n) is 5.96. The van der Waals surface area contributed by atoms with Crippen molar-refractivity contribution in [1.29, 1.82) is 0 Å². The Bertz CT molecular complexity index is 637. The van der Waals surface area contributed by atoms with E-state index in [1.165, 1.54) is 0 Å². The molecule has 0 saturated heterocycles. The molecule has 0 bridgehead atoms. The molecule has 1 atom stereocenters. The molecular weight excluding hydrogens is 260 g/mol. The molecule has 0 aliphatic heterocycles. The highest BCUT2D eigenvalue weighted by Gasteiger charge is 2.27. The number of rotatable bonds is 4. The molecule has 2 aromatic rings. The van der Waals surface area contributed by atoms with Crippen LogP contribution in [0.1, 0.15) is 16.4 Å². The molecule has 19 heavy (non-hydrogen) atoms. The summed E-state index contributed by atoms with van der Waals surface area (Å²) in [7, 11) is -3.49. The number of benzene rings is 1. The number of pyridine rings is 1. The van der Waals surface area contributed by atoms with Crippen LogP contribution in [0.2, 0.25) is 0 Å². The number of hydrogen-bond donors (Lipinski definition) is 1. The summed E-state index contributed by atoms with van der Waals surface area (Å²) in [5.41, 5.74) is 7.29. The van der Waals surface area contributed by atoms with Gasteiger partial charge in [0.2, 0.25) is 0 Å². The van der Waals surface area contributed by atoms with Gasteiger partial charge in [-0.2, -0.15) is 0 Å². The highest BCUT2D eigenvalue weighted by atomic mass is 32.2. The Labute approximate surface area is 113 Å². The Morgan fingerprint density at radius 2 is 1.89 bits per heavy atom. The summed E-state index contributed by atoms with van der Waals surface area (Å²) in [6.45, 7) is 1.94. The van der Waals surface area contributed by atoms with E-state index in [-0.39, 0.29) is 11.4 Å². The number of nitrogens with two attached hydrogens (primary N) is 1. The molecule has 2 rings (SSSR count). The lowest BCUT2D eigenvalue weighted by atomic mass is 10.2. The molecule has 0 aliphatic carbocycles. The van der Waals surface area contributed by atoms with Crippen LogP contribution in [0.15, 0.2) is 53.7 Å². The van der Waals surface area contributed by atoms with Crippen molar-refractivity contribution in [3.63, 3.8) is 0 Å². The number of hydrogen-bond acceptors (Lipinski definition) is 4. The largest absolute Gasteiger partial charge is 0.329 e. The van der Waals surface area contributed by atoms with E-state index in [0.717, 1.165) is 5.56 Å². The Balaban J connectivity index is 2.45. The van der Waals surface area contributed by atoms with Crippen molar-refractivity contribution in [2.24, 2.45) is 5.73 Å². The average molecular weight is 276 g/mol. The fraction of sp³-hybridized carbons (Fsp3) is 0.214. The van der Waals surface area contributed by atoms with Crippen LogP contribution in [-0.2, 0) is 9.84 Å². The van der Waals surface area contributed by atoms with Gasteiger partial charge in [-0.25, -0.2) is 8.42 Å². The van der Waals surface area contributed by atoms with Gasteiger partial charge in [-0.05, 0) is 30.7 Å². The van der Waals surface area contributed by atoms with Crippen molar-refractivity contribution in [3.05, 3.63) is 59.9 Å². The van der Waals surface area contributed by atoms with Crippen LogP contribution in [0, 0.1) is 6.92 Å². The summed E-state index contributed by atoms with van der Waals surface area (Å²) in [5, 5.41) is -0.760. The number of aromatic nitrogens is 1. The van der Waals surface area contributed by atoms with Gasteiger partial charge in [-0.3, -0.25) is 4.98 Å². The van der Waals surface area contributed by atoms with Crippen molar-refractivity contribution in [1.82, 2.24) is 4.98 Å². The summed E-state index contributed by atoms with van der Waals surface area (Å²) in [6.07, 6.45) is 3.15. The zero-order valence-corrected chi connectivity index (χ0v) is 11.5. The summed E-state index contributed by atoms with van der Waals surface area (Å²) < 4.78 is 25.1. The number of sulfone groups is 1. The van der Waals surface area contributed by atoms with Crippen molar-refractivity contribution < 1.29 is 8.42 Å². The van der Waals surface area contributed by atoms with Crippen LogP contribution < -0.4 is 5.73 Å². The SMILES string of the molecule is Cc1ccc(S(=O)(=O)C(CN)c2cccnc2)cc1. The molecule has 1 unspecified atom stereocenters. The summed E-state index contributed by atoms with van der Waals surface area (Å²) in [5.74, 6) is 0. The minimum atomic E-state index is -3.49. The van der Waals surface area contributed by atoms with Crippen molar-refractivity contribution in [2.75, 3.05) is 6.54 Å². The third kappa shape index (κ3) is 2.83. The van der Waals surface area contributed by atoms with E-state index in [1.807, 2.05) is 6.92 Å². The van der Waals surface area contributed by atoms with Crippen LogP contribution in [0.25, 0.3) is 0 Å². The second kappa shape index (κ2) is 5.50. The molecule has 0 spiro atoms. The fourth-order valence-electron chi connectivity index (χ4n) is 1.90. The molecule has 1 aromatic carbocycles. The molecule has 0 radical (unpaired) electrons. The standard InChI is InChI=1S/C14H16N2O2S/c1-11-4-6-13(7-5-11)19(17,18)14(9-15)12-3-2-8-16-10-12/h2-8,10,14H,9,15H2,1H3. The topological polar surface area (TPSA) is 73.0 Å². The second-order valence-corrected chi connectivity index (χ2v) is 6.50. The summed E-state index contributed by atoms with van der Waals surface area (Å²) in [4.78, 5) is 4.24. The highest BCUT2D eigenvalue weighted by Crippen LogP contribution is 2.27. The van der Waals surface area contributed by atoms with Crippen molar-refractivity contribution >= 4 is 9.84 Å². The molecule has 5 heteroatoms. The lowest BCUT2D eigenvalue weighted by molar-refractivity contribution is 0.582. The van der Waals surface area contributed by atoms with Crippen LogP contribution >= 0.6 is 0 Å². The van der Waals surface area contributed by atoms with Gasteiger partial charge in [0.25, 0.3) is 0 Å². The van der Waals surface area contributed by atoms with Gasteiger partial charge >= 0.3 is 0 Å². The predicted octanol–water partition coefficient (Wildman–Crippen LogP) is 1.86. The van der Waals surface area contributed by atoms with Crippen molar-refractivity contribution in [3.8, 4) is 0 Å². The molecule has 100 valence electrons. The quantitative estimate of drug-likeness (QED) is 0.925. The highest BCUT2D eigenvalue weighted by molar-refractivity contribution is 7.91. The molecule has 0 saturated carbocycles. The van der Waals surface area contributed by atoms with Crippen LogP contribution in [0.5, 0.6) is 0 Å². The molecule has 0 aliphatic rings. The Morgan fingerprint density at radius 1 is 1.21 bits per heavy atom. The maximum Gasteiger partial charge on any atom is 0.186 e. The summed E-state index contributed by atoms with van der Waals surface area (Å²) in [6, 6.07) is 10.2. The van der Waals surface area contributed by atoms with Gasteiger partial charge < -0.3 is 5.73 Å². The Kier molecular flexibility index (Phi) is 3.97. The monoisotopic (exact) mass is 276 g/mol. The van der Waals surface area contributed by atoms with E-state index < -0.39 is 15.1 Å². The van der Waals surface area contributed by atoms with E-state index in [4.69, 9.17) is 5.73 Å². The van der Waals surface area contributed by atoms with Gasteiger partial charge in [0.05, 0.1) is 4.90 Å². The van der Waals surface area contributed by atoms with Gasteiger partial charge in [0.1, 0.15) is 5.25 Å². The molecule has 2 N–H and O–H groups in total. The van der Waals surface area contributed by atoms with Gasteiger partial charge in [0, 0.05) is 18.9 Å².